The zero-order valence-electron chi connectivity index (χ0n) is 45.5. The maximum absolute atomic E-state index is 12.2. The fraction of sp³-hybridized carbons (Fsp3) is 0.600. The Morgan fingerprint density at radius 3 is 1.52 bits per heavy atom. The Kier molecular flexibility index (Phi) is 20.7. The molecule has 0 bridgehead atoms. The van der Waals surface area contributed by atoms with Crippen LogP contribution in [0.1, 0.15) is 128 Å². The lowest BCUT2D eigenvalue weighted by Gasteiger charge is -2.44. The van der Waals surface area contributed by atoms with Crippen molar-refractivity contribution >= 4 is 35.8 Å². The lowest BCUT2D eigenvalue weighted by molar-refractivity contribution is -0.251. The number of aryl methyl sites for hydroxylation is 2. The van der Waals surface area contributed by atoms with Crippen LogP contribution in [-0.2, 0) is 81.6 Å². The molecule has 0 radical (unpaired) electrons. The largest absolute Gasteiger partial charge is 0.456 e. The van der Waals surface area contributed by atoms with E-state index in [1.54, 1.807) is 22.4 Å². The predicted octanol–water partition coefficient (Wildman–Crippen LogP) is 5.14. The molecule has 7 rings (SSSR count). The van der Waals surface area contributed by atoms with Gasteiger partial charge in [0.15, 0.2) is 49.1 Å². The van der Waals surface area contributed by atoms with E-state index >= 15 is 0 Å². The van der Waals surface area contributed by atoms with E-state index in [0.29, 0.717) is 24.6 Å². The first-order valence-electron chi connectivity index (χ1n) is 26.6. The van der Waals surface area contributed by atoms with E-state index in [-0.39, 0.29) is 31.8 Å². The highest BCUT2D eigenvalue weighted by Crippen LogP contribution is 2.54. The summed E-state index contributed by atoms with van der Waals surface area (Å²) in [4.78, 5) is 72.2. The number of ether oxygens (including phenoxy) is 10. The molecule has 77 heavy (non-hydrogen) atoms. The fourth-order valence-corrected chi connectivity index (χ4v) is 10.9. The Balaban J connectivity index is 0.881. The zero-order chi connectivity index (χ0) is 55.2. The molecule has 0 aromatic heterocycles. The average Bonchev–Trinajstić information content (AvgIpc) is 4.17. The first-order valence-corrected chi connectivity index (χ1v) is 26.6. The smallest absolute Gasteiger partial charge is 0.303 e. The molecule has 1 aliphatic carbocycles. The molecular weight excluding hydrogens is 1000 g/mol. The van der Waals surface area contributed by atoms with Crippen molar-refractivity contribution in [3.8, 4) is 11.1 Å². The number of fused-ring (bicyclic) bond motifs is 3. The van der Waals surface area contributed by atoms with Crippen LogP contribution in [0.3, 0.4) is 0 Å². The Morgan fingerprint density at radius 2 is 1.01 bits per heavy atom. The van der Waals surface area contributed by atoms with Crippen molar-refractivity contribution in [1.82, 2.24) is 31.9 Å². The first-order chi connectivity index (χ1) is 36.9. The standard InChI is InChI=1S/C55H76N6O16/c1-33-17-19-43-44-20-18-34(2)26-46(44)55(45(43)25-33,21-13-9-11-15-23-68-29-41-28-60(59-57-41)53-51(76-39(7)66)49(74-37(5)64)47(31-70-53)72-35(3)62)22-14-10-12-16-24-69-30-42-27-56-58-61(42)54-52(77-40(8)67)50(75-38(6)65)48(32-71-54)73-36(4)63/h17-20,25-28,47-54,56-59H,9-16,21-24,29-32H2,1-8H3. The molecule has 0 spiro atoms. The van der Waals surface area contributed by atoms with Gasteiger partial charge >= 0.3 is 35.8 Å². The van der Waals surface area contributed by atoms with E-state index in [0.717, 1.165) is 64.2 Å². The number of rotatable bonds is 26. The molecule has 4 N–H and O–H groups in total. The van der Waals surface area contributed by atoms with Crippen molar-refractivity contribution in [2.24, 2.45) is 0 Å². The van der Waals surface area contributed by atoms with Crippen molar-refractivity contribution < 1.29 is 76.1 Å². The zero-order valence-corrected chi connectivity index (χ0v) is 45.5. The minimum atomic E-state index is -1.13. The molecule has 4 heterocycles. The van der Waals surface area contributed by atoms with Gasteiger partial charge < -0.3 is 58.2 Å². The molecule has 2 aromatic rings. The number of carbonyl (C=O) groups excluding carboxylic acids is 6. The highest BCUT2D eigenvalue weighted by Gasteiger charge is 2.51. The van der Waals surface area contributed by atoms with Crippen LogP contribution in [0.4, 0.5) is 0 Å². The third-order valence-electron chi connectivity index (χ3n) is 14.0. The van der Waals surface area contributed by atoms with Crippen LogP contribution in [0.2, 0.25) is 0 Å². The van der Waals surface area contributed by atoms with E-state index in [4.69, 9.17) is 47.4 Å². The number of nitrogens with one attached hydrogen (secondary N) is 4. The van der Waals surface area contributed by atoms with Crippen LogP contribution >= 0.6 is 0 Å². The Bertz CT molecular complexity index is 2430. The lowest BCUT2D eigenvalue weighted by Crippen LogP contribution is -2.64. The highest BCUT2D eigenvalue weighted by atomic mass is 16.7. The van der Waals surface area contributed by atoms with Gasteiger partial charge in [0.25, 0.3) is 0 Å². The van der Waals surface area contributed by atoms with Gasteiger partial charge in [0.05, 0.1) is 37.8 Å². The van der Waals surface area contributed by atoms with Gasteiger partial charge in [-0.1, -0.05) is 86.1 Å². The molecule has 8 atom stereocenters. The fourth-order valence-electron chi connectivity index (χ4n) is 10.9. The Labute approximate surface area is 449 Å². The maximum Gasteiger partial charge on any atom is 0.303 e. The number of esters is 6. The second kappa shape index (κ2) is 27.3. The molecule has 22 heteroatoms. The summed E-state index contributed by atoms with van der Waals surface area (Å²) < 4.78 is 57.2. The molecule has 0 saturated carbocycles. The molecule has 0 amide bonds. The van der Waals surface area contributed by atoms with Gasteiger partial charge in [-0.2, -0.15) is 0 Å². The third kappa shape index (κ3) is 15.3. The normalized spacial score (nSPS) is 24.1. The first kappa shape index (κ1) is 58.4. The molecule has 4 aliphatic heterocycles. The summed E-state index contributed by atoms with van der Waals surface area (Å²) in [5.41, 5.74) is 21.3. The molecule has 8 unspecified atom stereocenters. The number of benzene rings is 2. The van der Waals surface area contributed by atoms with Gasteiger partial charge in [0, 0.05) is 72.6 Å². The second-order valence-electron chi connectivity index (χ2n) is 20.2. The minimum Gasteiger partial charge on any atom is -0.456 e. The van der Waals surface area contributed by atoms with Crippen molar-refractivity contribution in [2.45, 2.75) is 174 Å². The van der Waals surface area contributed by atoms with Crippen molar-refractivity contribution in [3.05, 3.63) is 82.4 Å². The quantitative estimate of drug-likeness (QED) is 0.0541. The Morgan fingerprint density at radius 1 is 0.558 bits per heavy atom. The van der Waals surface area contributed by atoms with Crippen LogP contribution in [0.5, 0.6) is 0 Å². The van der Waals surface area contributed by atoms with E-state index in [9.17, 15) is 28.8 Å². The van der Waals surface area contributed by atoms with E-state index in [1.807, 2.05) is 0 Å². The van der Waals surface area contributed by atoms with Gasteiger partial charge in [-0.3, -0.25) is 38.8 Å². The van der Waals surface area contributed by atoms with Gasteiger partial charge in [-0.15, -0.1) is 11.1 Å². The van der Waals surface area contributed by atoms with E-state index in [2.05, 4.69) is 72.2 Å². The second-order valence-corrected chi connectivity index (χ2v) is 20.2. The molecule has 22 nitrogen and oxygen atoms in total. The topological polar surface area (TPSA) is 249 Å². The molecular formula is C55H76N6O16. The molecule has 5 aliphatic rings. The molecule has 422 valence electrons. The van der Waals surface area contributed by atoms with E-state index < -0.39 is 84.9 Å². The highest BCUT2D eigenvalue weighted by molar-refractivity contribution is 5.82. The maximum atomic E-state index is 12.2. The van der Waals surface area contributed by atoms with Gasteiger partial charge in [-0.25, -0.2) is 0 Å². The van der Waals surface area contributed by atoms with Gasteiger partial charge in [0.2, 0.25) is 0 Å². The number of hydrogen-bond acceptors (Lipinski definition) is 22. The summed E-state index contributed by atoms with van der Waals surface area (Å²) in [5.74, 6) is -3.68. The van der Waals surface area contributed by atoms with Crippen LogP contribution in [-0.4, -0.2) is 135 Å². The minimum absolute atomic E-state index is 0.0956. The molecule has 2 fully saturated rings. The van der Waals surface area contributed by atoms with Crippen molar-refractivity contribution in [1.29, 1.82) is 0 Å². The molecule has 2 aromatic carbocycles. The summed E-state index contributed by atoms with van der Waals surface area (Å²) in [5, 5.41) is 3.19. The number of hydrogen-bond donors (Lipinski definition) is 4. The average molecular weight is 1080 g/mol. The van der Waals surface area contributed by atoms with Crippen molar-refractivity contribution in [2.75, 3.05) is 39.6 Å². The molecule has 2 saturated heterocycles. The summed E-state index contributed by atoms with van der Waals surface area (Å²) in [6, 6.07) is 13.8. The number of unbranched alkanes of at least 4 members (excludes halogenated alkanes) is 6. The number of hydrazine groups is 4. The van der Waals surface area contributed by atoms with Crippen LogP contribution in [0.15, 0.2) is 60.2 Å². The van der Waals surface area contributed by atoms with Gasteiger partial charge in [-0.05, 0) is 61.8 Å². The van der Waals surface area contributed by atoms with E-state index in [1.165, 1.54) is 74.9 Å². The van der Waals surface area contributed by atoms with Crippen molar-refractivity contribution in [3.63, 3.8) is 0 Å². The van der Waals surface area contributed by atoms with Crippen LogP contribution in [0, 0.1) is 13.8 Å². The third-order valence-corrected chi connectivity index (χ3v) is 14.0. The summed E-state index contributed by atoms with van der Waals surface area (Å²) in [6.07, 6.45) is 5.16. The SMILES string of the molecule is CC(=O)OC1COC(N2C=C(COCCCCCCC3(CCCCCCOCC4=CNNN4C4OCC(OC(C)=O)C(OC(C)=O)C4OC(C)=O)c4cc(C)ccc4-c4ccc(C)cc43)NN2)C(OC(C)=O)C1OC(C)=O. The lowest BCUT2D eigenvalue weighted by atomic mass is 9.70. The summed E-state index contributed by atoms with van der Waals surface area (Å²) in [7, 11) is 0. The summed E-state index contributed by atoms with van der Waals surface area (Å²) >= 11 is 0. The monoisotopic (exact) mass is 1080 g/mol. The Hall–Kier alpha value is -6.30. The van der Waals surface area contributed by atoms with Gasteiger partial charge in [0.1, 0.15) is 0 Å². The van der Waals surface area contributed by atoms with Crippen LogP contribution < -0.4 is 21.9 Å². The number of carbonyl (C=O) groups is 6. The number of nitrogens with zero attached hydrogens (tertiary/aromatic N) is 2. The summed E-state index contributed by atoms with van der Waals surface area (Å²) in [6.45, 7) is 13.1. The predicted molar refractivity (Wildman–Crippen MR) is 275 cm³/mol. The van der Waals surface area contributed by atoms with Crippen LogP contribution in [0.25, 0.3) is 11.1 Å².